The largest absolute Gasteiger partial charge is 0.497 e. The van der Waals surface area contributed by atoms with Crippen molar-refractivity contribution in [3.63, 3.8) is 0 Å². The fourth-order valence-corrected chi connectivity index (χ4v) is 1.94. The number of ether oxygens (including phenoxy) is 2. The number of rotatable bonds is 4. The van der Waals surface area contributed by atoms with Crippen LogP contribution in [0.3, 0.4) is 0 Å². The highest BCUT2D eigenvalue weighted by atomic mass is 16.5. The lowest BCUT2D eigenvalue weighted by molar-refractivity contribution is 0.390. The molecule has 106 valence electrons. The van der Waals surface area contributed by atoms with E-state index in [4.69, 9.17) is 13.9 Å². The van der Waals surface area contributed by atoms with Gasteiger partial charge in [-0.2, -0.15) is 0 Å². The van der Waals surface area contributed by atoms with Gasteiger partial charge in [0.1, 0.15) is 5.75 Å². The summed E-state index contributed by atoms with van der Waals surface area (Å²) >= 11 is 0. The molecule has 1 aromatic heterocycles. The van der Waals surface area contributed by atoms with Crippen LogP contribution in [-0.2, 0) is 6.42 Å². The first-order chi connectivity index (χ1) is 9.55. The van der Waals surface area contributed by atoms with Crippen LogP contribution in [-0.4, -0.2) is 14.2 Å². The quantitative estimate of drug-likeness (QED) is 0.634. The summed E-state index contributed by atoms with van der Waals surface area (Å²) in [6, 6.07) is 5.35. The van der Waals surface area contributed by atoms with Gasteiger partial charge in [0.15, 0.2) is 11.3 Å². The average Bonchev–Trinajstić information content (AvgIpc) is 2.43. The summed E-state index contributed by atoms with van der Waals surface area (Å²) in [4.78, 5) is 12.0. The van der Waals surface area contributed by atoms with Gasteiger partial charge in [-0.15, -0.1) is 0 Å². The van der Waals surface area contributed by atoms with E-state index in [1.165, 1.54) is 7.11 Å². The van der Waals surface area contributed by atoms with Crippen molar-refractivity contribution in [1.82, 2.24) is 0 Å². The van der Waals surface area contributed by atoms with Gasteiger partial charge in [0, 0.05) is 17.0 Å². The lowest BCUT2D eigenvalue weighted by Gasteiger charge is -2.08. The molecule has 0 N–H and O–H groups in total. The average molecular weight is 274 g/mol. The van der Waals surface area contributed by atoms with Gasteiger partial charge in [-0.05, 0) is 32.4 Å². The lowest BCUT2D eigenvalue weighted by atomic mass is 10.1. The van der Waals surface area contributed by atoms with Crippen LogP contribution >= 0.6 is 0 Å². The Labute approximate surface area is 117 Å². The molecule has 0 aliphatic carbocycles. The highest BCUT2D eigenvalue weighted by molar-refractivity contribution is 5.84. The maximum atomic E-state index is 12.0. The van der Waals surface area contributed by atoms with Gasteiger partial charge in [0.05, 0.1) is 14.2 Å². The van der Waals surface area contributed by atoms with Crippen molar-refractivity contribution in [2.75, 3.05) is 14.2 Å². The smallest absolute Gasteiger partial charge is 0.339 e. The number of fused-ring (bicyclic) bond motifs is 1. The van der Waals surface area contributed by atoms with Crippen molar-refractivity contribution in [3.8, 4) is 11.5 Å². The van der Waals surface area contributed by atoms with Crippen molar-refractivity contribution in [2.45, 2.75) is 20.3 Å². The standard InChI is InChI=1S/C16H18O4/c1-10(2)5-6-11-7-12-8-13(18-3)9-14(19-4)15(12)20-16(11)17/h5,7-9H,6H2,1-4H3. The van der Waals surface area contributed by atoms with Crippen LogP contribution in [0.4, 0.5) is 0 Å². The molecular formula is C16H18O4. The second kappa shape index (κ2) is 5.82. The number of methoxy groups -OCH3 is 2. The van der Waals surface area contributed by atoms with Crippen molar-refractivity contribution < 1.29 is 13.9 Å². The molecule has 0 fully saturated rings. The van der Waals surface area contributed by atoms with Gasteiger partial charge in [-0.1, -0.05) is 11.6 Å². The monoisotopic (exact) mass is 274 g/mol. The summed E-state index contributed by atoms with van der Waals surface area (Å²) in [5.74, 6) is 1.15. The molecule has 0 saturated heterocycles. The normalized spacial score (nSPS) is 10.4. The summed E-state index contributed by atoms with van der Waals surface area (Å²) in [5.41, 5.74) is 1.89. The van der Waals surface area contributed by atoms with Crippen molar-refractivity contribution >= 4 is 11.0 Å². The summed E-state index contributed by atoms with van der Waals surface area (Å²) in [6.07, 6.45) is 2.55. The van der Waals surface area contributed by atoms with E-state index in [9.17, 15) is 4.79 Å². The molecule has 2 rings (SSSR count). The maximum absolute atomic E-state index is 12.0. The van der Waals surface area contributed by atoms with E-state index in [0.29, 0.717) is 29.1 Å². The van der Waals surface area contributed by atoms with E-state index in [1.54, 1.807) is 13.2 Å². The molecule has 0 unspecified atom stereocenters. The third kappa shape index (κ3) is 2.85. The fourth-order valence-electron chi connectivity index (χ4n) is 1.94. The Bertz CT molecular complexity index is 706. The van der Waals surface area contributed by atoms with Crippen molar-refractivity contribution in [2.24, 2.45) is 0 Å². The van der Waals surface area contributed by atoms with Crippen LogP contribution in [0.1, 0.15) is 19.4 Å². The van der Waals surface area contributed by atoms with Gasteiger partial charge < -0.3 is 13.9 Å². The number of hydrogen-bond donors (Lipinski definition) is 0. The highest BCUT2D eigenvalue weighted by Crippen LogP contribution is 2.30. The SMILES string of the molecule is COc1cc(OC)c2oc(=O)c(CC=C(C)C)cc2c1. The second-order valence-corrected chi connectivity index (χ2v) is 4.79. The summed E-state index contributed by atoms with van der Waals surface area (Å²) in [7, 11) is 3.12. The lowest BCUT2D eigenvalue weighted by Crippen LogP contribution is -2.06. The van der Waals surface area contributed by atoms with Crippen LogP contribution < -0.4 is 15.1 Å². The van der Waals surface area contributed by atoms with E-state index < -0.39 is 0 Å². The molecule has 0 aliphatic rings. The van der Waals surface area contributed by atoms with Crippen molar-refractivity contribution in [1.29, 1.82) is 0 Å². The predicted octanol–water partition coefficient (Wildman–Crippen LogP) is 3.32. The van der Waals surface area contributed by atoms with Crippen molar-refractivity contribution in [3.05, 3.63) is 45.8 Å². The van der Waals surface area contributed by atoms with Crippen LogP contribution in [0.25, 0.3) is 11.0 Å². The fraction of sp³-hybridized carbons (Fsp3) is 0.312. The first-order valence-electron chi connectivity index (χ1n) is 6.37. The van der Waals surface area contributed by atoms with Gasteiger partial charge >= 0.3 is 5.63 Å². The molecule has 4 nitrogen and oxygen atoms in total. The zero-order valence-electron chi connectivity index (χ0n) is 12.1. The minimum absolute atomic E-state index is 0.335. The predicted molar refractivity (Wildman–Crippen MR) is 78.7 cm³/mol. The first kappa shape index (κ1) is 14.2. The Morgan fingerprint density at radius 1 is 1.20 bits per heavy atom. The topological polar surface area (TPSA) is 48.7 Å². The molecule has 0 atom stereocenters. The summed E-state index contributed by atoms with van der Waals surface area (Å²) < 4.78 is 15.8. The molecule has 0 spiro atoms. The minimum Gasteiger partial charge on any atom is -0.497 e. The minimum atomic E-state index is -0.335. The molecule has 0 amide bonds. The van der Waals surface area contributed by atoms with Gasteiger partial charge in [-0.3, -0.25) is 0 Å². The molecule has 4 heteroatoms. The molecule has 0 aliphatic heterocycles. The maximum Gasteiger partial charge on any atom is 0.339 e. The Morgan fingerprint density at radius 3 is 2.55 bits per heavy atom. The zero-order valence-corrected chi connectivity index (χ0v) is 12.1. The number of allylic oxidation sites excluding steroid dienone is 2. The highest BCUT2D eigenvalue weighted by Gasteiger charge is 2.11. The summed E-state index contributed by atoms with van der Waals surface area (Å²) in [6.45, 7) is 3.99. The van der Waals surface area contributed by atoms with E-state index in [-0.39, 0.29) is 5.63 Å². The molecular weight excluding hydrogens is 256 g/mol. The summed E-state index contributed by atoms with van der Waals surface area (Å²) in [5, 5.41) is 0.790. The molecule has 20 heavy (non-hydrogen) atoms. The molecule has 0 saturated carbocycles. The van der Waals surface area contributed by atoms with E-state index in [1.807, 2.05) is 32.1 Å². The molecule has 1 aromatic carbocycles. The van der Waals surface area contributed by atoms with Crippen LogP contribution in [0.5, 0.6) is 11.5 Å². The molecule has 0 radical (unpaired) electrons. The van der Waals surface area contributed by atoms with E-state index in [2.05, 4.69) is 0 Å². The molecule has 0 bridgehead atoms. The number of hydrogen-bond acceptors (Lipinski definition) is 4. The molecule has 2 aromatic rings. The van der Waals surface area contributed by atoms with Gasteiger partial charge in [-0.25, -0.2) is 4.79 Å². The number of benzene rings is 1. The van der Waals surface area contributed by atoms with Crippen LogP contribution in [0.2, 0.25) is 0 Å². The third-order valence-corrected chi connectivity index (χ3v) is 3.03. The first-order valence-corrected chi connectivity index (χ1v) is 6.37. The van der Waals surface area contributed by atoms with Crippen LogP contribution in [0, 0.1) is 0 Å². The van der Waals surface area contributed by atoms with Crippen LogP contribution in [0.15, 0.2) is 39.1 Å². The van der Waals surface area contributed by atoms with Gasteiger partial charge in [0.25, 0.3) is 0 Å². The Balaban J connectivity index is 2.62. The Morgan fingerprint density at radius 2 is 1.95 bits per heavy atom. The van der Waals surface area contributed by atoms with E-state index >= 15 is 0 Å². The Kier molecular flexibility index (Phi) is 4.13. The van der Waals surface area contributed by atoms with E-state index in [0.717, 1.165) is 11.0 Å². The third-order valence-electron chi connectivity index (χ3n) is 3.03. The molecule has 1 heterocycles. The Hall–Kier alpha value is -2.23. The zero-order chi connectivity index (χ0) is 14.7. The second-order valence-electron chi connectivity index (χ2n) is 4.79. The van der Waals surface area contributed by atoms with Gasteiger partial charge in [0.2, 0.25) is 0 Å².